The Labute approximate surface area is 151 Å². The van der Waals surface area contributed by atoms with Crippen LogP contribution in [0.3, 0.4) is 0 Å². The Morgan fingerprint density at radius 3 is 2.35 bits per heavy atom. The summed E-state index contributed by atoms with van der Waals surface area (Å²) >= 11 is 0. The first-order valence-electron chi connectivity index (χ1n) is 8.00. The predicted octanol–water partition coefficient (Wildman–Crippen LogP) is 2.76. The maximum absolute atomic E-state index is 12.0. The molecule has 0 spiro atoms. The van der Waals surface area contributed by atoms with E-state index >= 15 is 0 Å². The molecule has 0 unspecified atom stereocenters. The van der Waals surface area contributed by atoms with E-state index in [4.69, 9.17) is 9.47 Å². The number of urea groups is 1. The minimum absolute atomic E-state index is 0.0130. The van der Waals surface area contributed by atoms with Gasteiger partial charge in [0.15, 0.2) is 5.78 Å². The number of aliphatic hydroxyl groups is 1. The van der Waals surface area contributed by atoms with E-state index in [1.807, 2.05) is 0 Å². The minimum atomic E-state index is -0.967. The number of carbonyl (C=O) groups excluding carboxylic acids is 2. The van der Waals surface area contributed by atoms with Gasteiger partial charge in [-0.05, 0) is 49.4 Å². The van der Waals surface area contributed by atoms with Crippen molar-refractivity contribution in [3.05, 3.63) is 53.6 Å². The van der Waals surface area contributed by atoms with Gasteiger partial charge in [0.05, 0.1) is 14.2 Å². The summed E-state index contributed by atoms with van der Waals surface area (Å²) in [4.78, 5) is 23.2. The lowest BCUT2D eigenvalue weighted by atomic mass is 10.1. The molecule has 0 aliphatic rings. The van der Waals surface area contributed by atoms with Crippen molar-refractivity contribution in [3.8, 4) is 11.5 Å². The molecular formula is C19H22N2O5. The van der Waals surface area contributed by atoms with Crippen molar-refractivity contribution in [2.75, 3.05) is 26.1 Å². The van der Waals surface area contributed by atoms with Crippen molar-refractivity contribution >= 4 is 17.5 Å². The molecule has 0 aliphatic heterocycles. The van der Waals surface area contributed by atoms with Gasteiger partial charge >= 0.3 is 6.03 Å². The summed E-state index contributed by atoms with van der Waals surface area (Å²) in [7, 11) is 3.03. The van der Waals surface area contributed by atoms with Crippen LogP contribution in [-0.2, 0) is 0 Å². The second-order valence-corrected chi connectivity index (χ2v) is 5.59. The first kappa shape index (κ1) is 19.3. The van der Waals surface area contributed by atoms with Crippen LogP contribution in [0, 0.1) is 0 Å². The van der Waals surface area contributed by atoms with E-state index in [1.165, 1.54) is 21.1 Å². The number of ketones is 1. The molecule has 138 valence electrons. The molecule has 0 fully saturated rings. The normalized spacial score (nSPS) is 11.4. The number of aliphatic hydroxyl groups excluding tert-OH is 1. The quantitative estimate of drug-likeness (QED) is 0.661. The number of ether oxygens (including phenoxy) is 2. The van der Waals surface area contributed by atoms with Crippen LogP contribution in [0.25, 0.3) is 0 Å². The van der Waals surface area contributed by atoms with Crippen molar-refractivity contribution in [2.24, 2.45) is 0 Å². The highest BCUT2D eigenvalue weighted by molar-refractivity contribution is 5.95. The molecule has 7 nitrogen and oxygen atoms in total. The maximum Gasteiger partial charge on any atom is 0.319 e. The average Bonchev–Trinajstić information content (AvgIpc) is 2.65. The third-order valence-electron chi connectivity index (χ3n) is 3.80. The molecule has 0 bridgehead atoms. The number of Topliss-reactive ketones (excluding diaryl/α,β-unsaturated/α-hetero) is 1. The molecular weight excluding hydrogens is 336 g/mol. The van der Waals surface area contributed by atoms with E-state index in [0.717, 1.165) is 0 Å². The maximum atomic E-state index is 12.0. The van der Waals surface area contributed by atoms with E-state index < -0.39 is 12.1 Å². The van der Waals surface area contributed by atoms with Crippen molar-refractivity contribution in [2.45, 2.75) is 13.0 Å². The van der Waals surface area contributed by atoms with Gasteiger partial charge in [0.25, 0.3) is 0 Å². The molecule has 26 heavy (non-hydrogen) atoms. The zero-order chi connectivity index (χ0) is 19.1. The molecule has 0 heterocycles. The first-order chi connectivity index (χ1) is 12.4. The molecule has 2 rings (SSSR count). The highest BCUT2D eigenvalue weighted by atomic mass is 16.5. The summed E-state index contributed by atoms with van der Waals surface area (Å²) in [5.74, 6) is 1.03. The number of hydrogen-bond acceptors (Lipinski definition) is 5. The fourth-order valence-electron chi connectivity index (χ4n) is 2.36. The van der Waals surface area contributed by atoms with Crippen LogP contribution in [-0.4, -0.2) is 37.7 Å². The lowest BCUT2D eigenvalue weighted by Gasteiger charge is -2.17. The second-order valence-electron chi connectivity index (χ2n) is 5.59. The van der Waals surface area contributed by atoms with Gasteiger partial charge in [-0.2, -0.15) is 0 Å². The molecule has 2 amide bonds. The van der Waals surface area contributed by atoms with Gasteiger partial charge in [-0.15, -0.1) is 0 Å². The van der Waals surface area contributed by atoms with Crippen molar-refractivity contribution in [3.63, 3.8) is 0 Å². The largest absolute Gasteiger partial charge is 0.497 e. The average molecular weight is 358 g/mol. The van der Waals surface area contributed by atoms with E-state index in [1.54, 1.807) is 42.5 Å². The molecule has 0 radical (unpaired) electrons. The Hall–Kier alpha value is -3.06. The van der Waals surface area contributed by atoms with E-state index in [0.29, 0.717) is 28.3 Å². The third kappa shape index (κ3) is 4.97. The van der Waals surface area contributed by atoms with Crippen LogP contribution in [0.2, 0.25) is 0 Å². The lowest BCUT2D eigenvalue weighted by molar-refractivity contribution is 0.101. The van der Waals surface area contributed by atoms with Gasteiger partial charge in [-0.25, -0.2) is 4.79 Å². The summed E-state index contributed by atoms with van der Waals surface area (Å²) < 4.78 is 10.4. The van der Waals surface area contributed by atoms with Crippen LogP contribution in [0.4, 0.5) is 10.5 Å². The number of rotatable bonds is 7. The second kappa shape index (κ2) is 8.87. The summed E-state index contributed by atoms with van der Waals surface area (Å²) in [6.07, 6.45) is -0.967. The van der Waals surface area contributed by atoms with Gasteiger partial charge in [0.2, 0.25) is 0 Å². The summed E-state index contributed by atoms with van der Waals surface area (Å²) in [6.45, 7) is 1.46. The fraction of sp³-hybridized carbons (Fsp3) is 0.263. The van der Waals surface area contributed by atoms with E-state index in [9.17, 15) is 14.7 Å². The summed E-state index contributed by atoms with van der Waals surface area (Å²) in [6, 6.07) is 11.1. The number of hydrogen-bond donors (Lipinski definition) is 3. The highest BCUT2D eigenvalue weighted by Gasteiger charge is 2.15. The molecule has 2 aromatic carbocycles. The summed E-state index contributed by atoms with van der Waals surface area (Å²) in [5.41, 5.74) is 1.62. The van der Waals surface area contributed by atoms with Gasteiger partial charge in [-0.1, -0.05) is 0 Å². The lowest BCUT2D eigenvalue weighted by Crippen LogP contribution is -2.32. The number of nitrogens with one attached hydrogen (secondary N) is 2. The number of anilines is 1. The number of benzene rings is 2. The predicted molar refractivity (Wildman–Crippen MR) is 98.0 cm³/mol. The number of carbonyl (C=O) groups is 2. The Morgan fingerprint density at radius 2 is 1.77 bits per heavy atom. The molecule has 0 saturated heterocycles. The smallest absolute Gasteiger partial charge is 0.319 e. The van der Waals surface area contributed by atoms with Crippen LogP contribution >= 0.6 is 0 Å². The Balaban J connectivity index is 1.95. The first-order valence-corrected chi connectivity index (χ1v) is 8.00. The SMILES string of the molecule is COc1ccc(OC)c([C@H](O)CNC(=O)Nc2ccc(C(C)=O)cc2)c1. The van der Waals surface area contributed by atoms with Gasteiger partial charge < -0.3 is 25.2 Å². The molecule has 3 N–H and O–H groups in total. The topological polar surface area (TPSA) is 96.9 Å². The molecule has 0 aromatic heterocycles. The van der Waals surface area contributed by atoms with Crippen molar-refractivity contribution in [1.29, 1.82) is 0 Å². The Bertz CT molecular complexity index is 774. The Morgan fingerprint density at radius 1 is 1.08 bits per heavy atom. The van der Waals surface area contributed by atoms with Crippen LogP contribution in [0.1, 0.15) is 28.9 Å². The fourth-order valence-corrected chi connectivity index (χ4v) is 2.36. The molecule has 0 aliphatic carbocycles. The Kier molecular flexibility index (Phi) is 6.57. The minimum Gasteiger partial charge on any atom is -0.497 e. The van der Waals surface area contributed by atoms with Gasteiger partial charge in [0.1, 0.15) is 17.6 Å². The highest BCUT2D eigenvalue weighted by Crippen LogP contribution is 2.29. The summed E-state index contributed by atoms with van der Waals surface area (Å²) in [5, 5.41) is 15.6. The molecule has 7 heteroatoms. The number of methoxy groups -OCH3 is 2. The van der Waals surface area contributed by atoms with Gasteiger partial charge in [-0.3, -0.25) is 4.79 Å². The van der Waals surface area contributed by atoms with E-state index in [2.05, 4.69) is 10.6 Å². The van der Waals surface area contributed by atoms with Crippen LogP contribution in [0.15, 0.2) is 42.5 Å². The molecule has 0 saturated carbocycles. The third-order valence-corrected chi connectivity index (χ3v) is 3.80. The van der Waals surface area contributed by atoms with Crippen LogP contribution < -0.4 is 20.1 Å². The molecule has 1 atom stereocenters. The van der Waals surface area contributed by atoms with Crippen LogP contribution in [0.5, 0.6) is 11.5 Å². The number of amides is 2. The zero-order valence-electron chi connectivity index (χ0n) is 14.9. The van der Waals surface area contributed by atoms with Crippen molar-refractivity contribution in [1.82, 2.24) is 5.32 Å². The van der Waals surface area contributed by atoms with Gasteiger partial charge in [0, 0.05) is 23.4 Å². The monoisotopic (exact) mass is 358 g/mol. The van der Waals surface area contributed by atoms with Crippen molar-refractivity contribution < 1.29 is 24.2 Å². The molecule has 2 aromatic rings. The standard InChI is InChI=1S/C19H22N2O5/c1-12(22)13-4-6-14(7-5-13)21-19(24)20-11-17(23)16-10-15(25-2)8-9-18(16)26-3/h4-10,17,23H,11H2,1-3H3,(H2,20,21,24)/t17-/m1/s1. The zero-order valence-corrected chi connectivity index (χ0v) is 14.9. The van der Waals surface area contributed by atoms with E-state index in [-0.39, 0.29) is 12.3 Å².